The van der Waals surface area contributed by atoms with Gasteiger partial charge in [0.25, 0.3) is 0 Å². The maximum absolute atomic E-state index is 15.1. The van der Waals surface area contributed by atoms with Crippen molar-refractivity contribution in [3.8, 4) is 5.75 Å². The number of hydrogen-bond acceptors (Lipinski definition) is 17. The molecular formula is C46H66N9O19PS. The number of fused-ring (bicyclic) bond motifs is 5. The number of rotatable bonds is 15. The van der Waals surface area contributed by atoms with E-state index in [1.54, 1.807) is 20.8 Å². The minimum atomic E-state index is -5.09. The molecule has 2 aromatic rings. The van der Waals surface area contributed by atoms with Crippen molar-refractivity contribution in [1.82, 2.24) is 41.8 Å². The van der Waals surface area contributed by atoms with E-state index in [2.05, 4.69) is 41.4 Å². The summed E-state index contributed by atoms with van der Waals surface area (Å²) in [6.07, 6.45) is -5.46. The fourth-order valence-electron chi connectivity index (χ4n) is 9.06. The van der Waals surface area contributed by atoms with Crippen LogP contribution in [0.5, 0.6) is 5.75 Å². The summed E-state index contributed by atoms with van der Waals surface area (Å²) in [5.74, 6) is -14.3. The van der Waals surface area contributed by atoms with E-state index in [1.165, 1.54) is 19.1 Å². The standard InChI is InChI=1S/C46H66N9O19PS/c1-5-7-25(57)8-23-9-27-28-13-30-41(64)48-16-38(63)53-39(21(3)6-2)43(66)49-15-37(62)50-31(19-76(72)45(28)52-29(27)14-35(23)73-20-74-75(69,70)71)33(59)10-24(11-36(47)61)46(68)55-17-26(58)12-32(55)42(65)54-40(44(67)51-30)22(4)34(60)18-56/h9,14,21-22,24,26,30-32,34,39-40,52,56,58,60H,5-8,10-13,15-20H2,1-4H3,(H2,47,61)(H,48,64)(H,49,66)(H,50,62)(H,51,67)(H,53,63)(H,54,65)(H2,69,70,71)/t21-,22?,24-,26+,30+,31-,32-,34?,39-,40-,76?/m0/s1. The number of ketones is 2. The second-order valence-corrected chi connectivity index (χ2v) is 21.8. The van der Waals surface area contributed by atoms with Crippen LogP contribution < -0.4 is 42.4 Å². The number of hydrogen-bond donors (Lipinski definition) is 13. The van der Waals surface area contributed by atoms with Crippen LogP contribution in [0.25, 0.3) is 10.9 Å². The Bertz CT molecular complexity index is 2650. The molecule has 0 radical (unpaired) electrons. The van der Waals surface area contributed by atoms with E-state index in [0.29, 0.717) is 12.8 Å². The number of benzene rings is 1. The van der Waals surface area contributed by atoms with Crippen LogP contribution >= 0.6 is 7.82 Å². The smallest absolute Gasteiger partial charge is 0.467 e. The van der Waals surface area contributed by atoms with Gasteiger partial charge < -0.3 is 77.4 Å². The van der Waals surface area contributed by atoms with Crippen LogP contribution in [-0.2, 0) is 80.7 Å². The third-order valence-corrected chi connectivity index (χ3v) is 15.3. The number of ether oxygens (including phenoxy) is 1. The lowest BCUT2D eigenvalue weighted by atomic mass is 9.93. The van der Waals surface area contributed by atoms with E-state index in [9.17, 15) is 77.6 Å². The molecule has 0 aliphatic carbocycles. The van der Waals surface area contributed by atoms with E-state index in [0.717, 1.165) is 4.90 Å². The van der Waals surface area contributed by atoms with Crippen LogP contribution in [-0.4, -0.2) is 179 Å². The van der Waals surface area contributed by atoms with Crippen LogP contribution in [0, 0.1) is 17.8 Å². The van der Waals surface area contributed by atoms with Crippen molar-refractivity contribution >= 4 is 88.3 Å². The third-order valence-electron chi connectivity index (χ3n) is 13.4. The van der Waals surface area contributed by atoms with Gasteiger partial charge in [-0.15, -0.1) is 0 Å². The minimum Gasteiger partial charge on any atom is -0.467 e. The first-order chi connectivity index (χ1) is 35.7. The summed E-state index contributed by atoms with van der Waals surface area (Å²) < 4.78 is 36.8. The van der Waals surface area contributed by atoms with Crippen molar-refractivity contribution < 1.29 is 91.1 Å². The molecule has 3 aliphatic rings. The van der Waals surface area contributed by atoms with Crippen molar-refractivity contribution in [3.63, 3.8) is 0 Å². The third kappa shape index (κ3) is 15.9. The van der Waals surface area contributed by atoms with Crippen LogP contribution in [0.1, 0.15) is 77.3 Å². The van der Waals surface area contributed by atoms with Gasteiger partial charge in [-0.3, -0.25) is 52.2 Å². The fraction of sp³-hybridized carbons (Fsp3) is 0.609. The number of H-pyrrole nitrogens is 1. The molecule has 3 aliphatic heterocycles. The largest absolute Gasteiger partial charge is 0.472 e. The summed E-state index contributed by atoms with van der Waals surface area (Å²) in [5.41, 5.74) is 5.61. The fourth-order valence-corrected chi connectivity index (χ4v) is 10.7. The molecule has 76 heavy (non-hydrogen) atoms. The molecule has 28 nitrogen and oxygen atoms in total. The van der Waals surface area contributed by atoms with Crippen LogP contribution in [0.15, 0.2) is 17.2 Å². The predicted molar refractivity (Wildman–Crippen MR) is 264 cm³/mol. The monoisotopic (exact) mass is 1110 g/mol. The van der Waals surface area contributed by atoms with E-state index in [1.807, 2.05) is 0 Å². The molecule has 11 atom stereocenters. The van der Waals surface area contributed by atoms with Gasteiger partial charge in [0.05, 0.1) is 65.9 Å². The maximum atomic E-state index is 15.1. The lowest BCUT2D eigenvalue weighted by molar-refractivity contribution is -0.145. The molecule has 1 aromatic heterocycles. The Morgan fingerprint density at radius 1 is 0.895 bits per heavy atom. The number of carbonyl (C=O) groups is 10. The zero-order valence-electron chi connectivity index (χ0n) is 42.2. The van der Waals surface area contributed by atoms with Crippen molar-refractivity contribution in [2.75, 3.05) is 38.8 Å². The second-order valence-electron chi connectivity index (χ2n) is 19.1. The first-order valence-corrected chi connectivity index (χ1v) is 27.3. The van der Waals surface area contributed by atoms with Crippen LogP contribution in [0.2, 0.25) is 0 Å². The summed E-state index contributed by atoms with van der Waals surface area (Å²) in [4.78, 5) is 162. The van der Waals surface area contributed by atoms with Gasteiger partial charge in [-0.2, -0.15) is 0 Å². The molecule has 420 valence electrons. The molecule has 2 bridgehead atoms. The van der Waals surface area contributed by atoms with Gasteiger partial charge in [-0.1, -0.05) is 34.1 Å². The molecule has 1 saturated heterocycles. The second kappa shape index (κ2) is 26.7. The Balaban J connectivity index is 1.82. The van der Waals surface area contributed by atoms with Crippen LogP contribution in [0.3, 0.4) is 0 Å². The van der Waals surface area contributed by atoms with Gasteiger partial charge in [-0.05, 0) is 24.0 Å². The molecule has 0 saturated carbocycles. The van der Waals surface area contributed by atoms with E-state index in [-0.39, 0.29) is 51.4 Å². The van der Waals surface area contributed by atoms with Gasteiger partial charge in [0, 0.05) is 68.0 Å². The number of Topliss-reactive ketones (excluding diaryl/α,β-unsaturated/α-hetero) is 2. The van der Waals surface area contributed by atoms with E-state index in [4.69, 9.17) is 10.5 Å². The maximum Gasteiger partial charge on any atom is 0.472 e. The molecular weight excluding hydrogens is 1050 g/mol. The summed E-state index contributed by atoms with van der Waals surface area (Å²) in [7, 11) is -7.62. The highest BCUT2D eigenvalue weighted by molar-refractivity contribution is 7.85. The quantitative estimate of drug-likeness (QED) is 0.0594. The number of primary amides is 1. The Labute approximate surface area is 437 Å². The van der Waals surface area contributed by atoms with Crippen LogP contribution in [0.4, 0.5) is 0 Å². The molecule has 1 fully saturated rings. The van der Waals surface area contributed by atoms with Gasteiger partial charge in [0.15, 0.2) is 12.6 Å². The molecule has 3 unspecified atom stereocenters. The van der Waals surface area contributed by atoms with Crippen molar-refractivity contribution in [1.29, 1.82) is 0 Å². The first-order valence-electron chi connectivity index (χ1n) is 24.5. The molecule has 14 N–H and O–H groups in total. The van der Waals surface area contributed by atoms with Gasteiger partial charge >= 0.3 is 7.82 Å². The van der Waals surface area contributed by atoms with Gasteiger partial charge in [-0.25, -0.2) is 9.09 Å². The Morgan fingerprint density at radius 2 is 1.57 bits per heavy atom. The highest BCUT2D eigenvalue weighted by Crippen LogP contribution is 2.37. The topological polar surface area (TPSA) is 442 Å². The molecule has 4 heterocycles. The zero-order chi connectivity index (χ0) is 56.3. The SMILES string of the molecule is CCCC(=O)Cc1cc2c3c([nH]c2cc1OCOP(=O)(O)O)S(=O)C[C@@H]1NC(=O)CNC(=O)[C@H]([C@@H](C)CC)NC(=O)CNC(=O)[C@@H](C3)NC(=O)[C@H](C(C)C(O)CO)NC(=O)[C@@H]2C[C@@H](O)CN2C(=O)[C@H](CC(N)=O)CC1=O. The number of nitrogens with one attached hydrogen (secondary N) is 7. The number of amides is 8. The number of aliphatic hydroxyl groups excluding tert-OH is 3. The Hall–Kier alpha value is -6.20. The average Bonchev–Trinajstić information content (AvgIpc) is 3.92. The van der Waals surface area contributed by atoms with Crippen molar-refractivity contribution in [2.24, 2.45) is 23.5 Å². The lowest BCUT2D eigenvalue weighted by Gasteiger charge is -2.32. The number of aromatic nitrogens is 1. The number of nitrogens with zero attached hydrogens (tertiary/aromatic N) is 1. The molecule has 8 amide bonds. The highest BCUT2D eigenvalue weighted by atomic mass is 32.2. The number of aliphatic hydroxyl groups is 3. The normalized spacial score (nSPS) is 26.1. The van der Waals surface area contributed by atoms with Gasteiger partial charge in [0.2, 0.25) is 47.3 Å². The Morgan fingerprint density at radius 3 is 2.20 bits per heavy atom. The first kappa shape index (κ1) is 60.7. The Kier molecular flexibility index (Phi) is 21.3. The predicted octanol–water partition coefficient (Wildman–Crippen LogP) is -4.18. The number of carbonyl (C=O) groups excluding carboxylic acids is 10. The number of nitrogens with two attached hydrogens (primary N) is 1. The summed E-state index contributed by atoms with van der Waals surface area (Å²) in [6, 6.07) is -5.81. The molecule has 0 spiro atoms. The summed E-state index contributed by atoms with van der Waals surface area (Å²) in [6.45, 7) is 2.19. The summed E-state index contributed by atoms with van der Waals surface area (Å²) >= 11 is 0. The van der Waals surface area contributed by atoms with E-state index < -0.39 is 196 Å². The lowest BCUT2D eigenvalue weighted by Crippen LogP contribution is -2.61. The average molecular weight is 1110 g/mol. The number of aromatic amines is 1. The number of phosphoric ester groups is 1. The number of phosphoric acid groups is 1. The highest BCUT2D eigenvalue weighted by Gasteiger charge is 2.45. The minimum absolute atomic E-state index is 0.0169. The van der Waals surface area contributed by atoms with Crippen molar-refractivity contribution in [2.45, 2.75) is 127 Å². The van der Waals surface area contributed by atoms with Gasteiger partial charge in [0.1, 0.15) is 40.7 Å². The molecule has 5 rings (SSSR count). The summed E-state index contributed by atoms with van der Waals surface area (Å²) in [5, 5.41) is 46.3. The zero-order valence-corrected chi connectivity index (χ0v) is 43.9. The van der Waals surface area contributed by atoms with Crippen molar-refractivity contribution in [3.05, 3.63) is 23.3 Å². The molecule has 1 aromatic carbocycles. The molecule has 30 heteroatoms. The van der Waals surface area contributed by atoms with E-state index >= 15 is 4.21 Å².